The zero-order valence-electron chi connectivity index (χ0n) is 19.6. The summed E-state index contributed by atoms with van der Waals surface area (Å²) in [7, 11) is 5.26. The van der Waals surface area contributed by atoms with Gasteiger partial charge in [-0.15, -0.1) is 0 Å². The van der Waals surface area contributed by atoms with Crippen LogP contribution in [-0.4, -0.2) is 74.4 Å². The van der Waals surface area contributed by atoms with Gasteiger partial charge in [-0.25, -0.2) is 4.98 Å². The summed E-state index contributed by atoms with van der Waals surface area (Å²) in [6.07, 6.45) is 3.61. The molecule has 3 aromatic rings. The molecule has 1 aromatic heterocycles. The molecule has 0 bridgehead atoms. The van der Waals surface area contributed by atoms with Crippen molar-refractivity contribution in [1.29, 1.82) is 0 Å². The molecule has 33 heavy (non-hydrogen) atoms. The number of anilines is 2. The summed E-state index contributed by atoms with van der Waals surface area (Å²) >= 11 is 0. The number of aromatic nitrogens is 2. The number of nitrogens with zero attached hydrogens (tertiary/aromatic N) is 5. The fraction of sp³-hybridized carbons (Fsp3) is 0.360. The number of carbonyl (C=O) groups is 1. The lowest BCUT2D eigenvalue weighted by atomic mass is 10.0. The van der Waals surface area contributed by atoms with E-state index in [1.54, 1.807) is 32.2 Å². The molecule has 1 saturated heterocycles. The summed E-state index contributed by atoms with van der Waals surface area (Å²) < 4.78 is 5.48. The van der Waals surface area contributed by atoms with Gasteiger partial charge in [-0.1, -0.05) is 12.1 Å². The molecule has 8 nitrogen and oxygen atoms in total. The van der Waals surface area contributed by atoms with Gasteiger partial charge in [0.05, 0.1) is 36.5 Å². The Bertz CT molecular complexity index is 1170. The van der Waals surface area contributed by atoms with Gasteiger partial charge in [-0.2, -0.15) is 0 Å². The molecule has 0 radical (unpaired) electrons. The molecule has 4 rings (SSSR count). The van der Waals surface area contributed by atoms with E-state index < -0.39 is 0 Å². The molecule has 1 aliphatic heterocycles. The maximum absolute atomic E-state index is 12.8. The number of aliphatic imine (C=N–C) groups is 1. The average Bonchev–Trinajstić information content (AvgIpc) is 2.83. The molecule has 0 aliphatic carbocycles. The number of benzene rings is 2. The SMILES string of the molecule is CN=Cc1cccc(NC(C)c2cc(C(=O)N(C)C)cc3ncc(N4CCOCC4)nc23)c1. The zero-order chi connectivity index (χ0) is 23.4. The van der Waals surface area contributed by atoms with Gasteiger partial charge in [0.1, 0.15) is 5.82 Å². The van der Waals surface area contributed by atoms with E-state index in [-0.39, 0.29) is 11.9 Å². The summed E-state index contributed by atoms with van der Waals surface area (Å²) in [6, 6.07) is 11.7. The Labute approximate surface area is 194 Å². The Kier molecular flexibility index (Phi) is 6.84. The van der Waals surface area contributed by atoms with Crippen LogP contribution < -0.4 is 10.2 Å². The molecular formula is C25H30N6O2. The Balaban J connectivity index is 1.76. The van der Waals surface area contributed by atoms with Crippen molar-refractivity contribution < 1.29 is 9.53 Å². The van der Waals surface area contributed by atoms with Crippen molar-refractivity contribution in [1.82, 2.24) is 14.9 Å². The Morgan fingerprint density at radius 2 is 2.03 bits per heavy atom. The van der Waals surface area contributed by atoms with Crippen molar-refractivity contribution in [2.24, 2.45) is 4.99 Å². The number of fused-ring (bicyclic) bond motifs is 1. The molecule has 1 unspecified atom stereocenters. The predicted molar refractivity (Wildman–Crippen MR) is 133 cm³/mol. The first-order chi connectivity index (χ1) is 16.0. The maximum Gasteiger partial charge on any atom is 0.253 e. The van der Waals surface area contributed by atoms with E-state index in [1.165, 1.54) is 0 Å². The summed E-state index contributed by atoms with van der Waals surface area (Å²) in [5.74, 6) is 0.762. The highest BCUT2D eigenvalue weighted by Gasteiger charge is 2.20. The first kappa shape index (κ1) is 22.7. The minimum absolute atomic E-state index is 0.0643. The quantitative estimate of drug-likeness (QED) is 0.585. The summed E-state index contributed by atoms with van der Waals surface area (Å²) in [5.41, 5.74) is 5.00. The van der Waals surface area contributed by atoms with Crippen molar-refractivity contribution in [2.45, 2.75) is 13.0 Å². The molecule has 2 aromatic carbocycles. The van der Waals surface area contributed by atoms with Crippen LogP contribution in [0.1, 0.15) is 34.5 Å². The van der Waals surface area contributed by atoms with Crippen LogP contribution >= 0.6 is 0 Å². The number of hydrogen-bond donors (Lipinski definition) is 1. The third kappa shape index (κ3) is 5.12. The second-order valence-electron chi connectivity index (χ2n) is 8.34. The fourth-order valence-corrected chi connectivity index (χ4v) is 3.97. The van der Waals surface area contributed by atoms with Gasteiger partial charge >= 0.3 is 0 Å². The molecule has 2 heterocycles. The summed E-state index contributed by atoms with van der Waals surface area (Å²) in [5, 5.41) is 3.56. The molecule has 1 amide bonds. The minimum atomic E-state index is -0.106. The number of amides is 1. The molecule has 0 spiro atoms. The highest BCUT2D eigenvalue weighted by molar-refractivity contribution is 5.98. The fourth-order valence-electron chi connectivity index (χ4n) is 3.97. The van der Waals surface area contributed by atoms with E-state index in [1.807, 2.05) is 42.6 Å². The number of rotatable bonds is 6. The largest absolute Gasteiger partial charge is 0.378 e. The lowest BCUT2D eigenvalue weighted by Gasteiger charge is -2.28. The van der Waals surface area contributed by atoms with Gasteiger partial charge in [0.15, 0.2) is 0 Å². The molecule has 1 aliphatic rings. The summed E-state index contributed by atoms with van der Waals surface area (Å²) in [4.78, 5) is 30.3. The molecule has 1 atom stereocenters. The molecular weight excluding hydrogens is 416 g/mol. The Morgan fingerprint density at radius 1 is 1.24 bits per heavy atom. The van der Waals surface area contributed by atoms with Crippen molar-refractivity contribution in [3.8, 4) is 0 Å². The third-order valence-corrected chi connectivity index (χ3v) is 5.67. The van der Waals surface area contributed by atoms with E-state index in [0.717, 1.165) is 41.2 Å². The van der Waals surface area contributed by atoms with Crippen LogP contribution in [0.4, 0.5) is 11.5 Å². The minimum Gasteiger partial charge on any atom is -0.378 e. The van der Waals surface area contributed by atoms with Crippen molar-refractivity contribution in [2.75, 3.05) is 57.7 Å². The van der Waals surface area contributed by atoms with E-state index in [4.69, 9.17) is 9.72 Å². The molecule has 8 heteroatoms. The van der Waals surface area contributed by atoms with Crippen LogP contribution in [-0.2, 0) is 4.74 Å². The van der Waals surface area contributed by atoms with E-state index >= 15 is 0 Å². The van der Waals surface area contributed by atoms with Crippen LogP contribution in [0.3, 0.4) is 0 Å². The number of nitrogens with one attached hydrogen (secondary N) is 1. The topological polar surface area (TPSA) is 83.0 Å². The van der Waals surface area contributed by atoms with E-state index in [0.29, 0.717) is 24.3 Å². The lowest BCUT2D eigenvalue weighted by Crippen LogP contribution is -2.36. The monoisotopic (exact) mass is 446 g/mol. The van der Waals surface area contributed by atoms with Crippen LogP contribution in [0.2, 0.25) is 0 Å². The number of hydrogen-bond acceptors (Lipinski definition) is 7. The normalized spacial score (nSPS) is 15.1. The first-order valence-electron chi connectivity index (χ1n) is 11.1. The second kappa shape index (κ2) is 9.95. The highest BCUT2D eigenvalue weighted by Crippen LogP contribution is 2.29. The zero-order valence-corrected chi connectivity index (χ0v) is 19.6. The van der Waals surface area contributed by atoms with Gasteiger partial charge in [0.25, 0.3) is 5.91 Å². The average molecular weight is 447 g/mol. The smallest absolute Gasteiger partial charge is 0.253 e. The first-order valence-corrected chi connectivity index (χ1v) is 11.1. The standard InChI is InChI=1S/C25H30N6O2/c1-17(28-20-7-5-6-18(12-20)15-26-2)21-13-19(25(32)30(3)4)14-22-24(21)29-23(16-27-22)31-8-10-33-11-9-31/h5-7,12-17,28H,8-11H2,1-4H3. The Morgan fingerprint density at radius 3 is 2.76 bits per heavy atom. The summed E-state index contributed by atoms with van der Waals surface area (Å²) in [6.45, 7) is 5.00. The van der Waals surface area contributed by atoms with Crippen LogP contribution in [0.25, 0.3) is 11.0 Å². The van der Waals surface area contributed by atoms with Gasteiger partial charge in [-0.3, -0.25) is 14.8 Å². The predicted octanol–water partition coefficient (Wildman–Crippen LogP) is 3.39. The molecule has 1 N–H and O–H groups in total. The number of morpholine rings is 1. The number of ether oxygens (including phenoxy) is 1. The van der Waals surface area contributed by atoms with Crippen molar-refractivity contribution >= 4 is 34.7 Å². The highest BCUT2D eigenvalue weighted by atomic mass is 16.5. The van der Waals surface area contributed by atoms with Crippen molar-refractivity contribution in [3.05, 3.63) is 59.3 Å². The van der Waals surface area contributed by atoms with Gasteiger partial charge in [0, 0.05) is 57.3 Å². The van der Waals surface area contributed by atoms with Gasteiger partial charge in [0.2, 0.25) is 0 Å². The molecule has 172 valence electrons. The van der Waals surface area contributed by atoms with Gasteiger partial charge in [-0.05, 0) is 36.8 Å². The van der Waals surface area contributed by atoms with E-state index in [9.17, 15) is 4.79 Å². The van der Waals surface area contributed by atoms with Crippen molar-refractivity contribution in [3.63, 3.8) is 0 Å². The Hall–Kier alpha value is -3.52. The number of carbonyl (C=O) groups excluding carboxylic acids is 1. The second-order valence-corrected chi connectivity index (χ2v) is 8.34. The molecule has 0 saturated carbocycles. The molecule has 1 fully saturated rings. The lowest BCUT2D eigenvalue weighted by molar-refractivity contribution is 0.0827. The van der Waals surface area contributed by atoms with Crippen LogP contribution in [0, 0.1) is 0 Å². The third-order valence-electron chi connectivity index (χ3n) is 5.67. The van der Waals surface area contributed by atoms with Crippen LogP contribution in [0.15, 0.2) is 47.6 Å². The maximum atomic E-state index is 12.8. The van der Waals surface area contributed by atoms with Crippen LogP contribution in [0.5, 0.6) is 0 Å². The van der Waals surface area contributed by atoms with E-state index in [2.05, 4.69) is 27.1 Å². The van der Waals surface area contributed by atoms with Gasteiger partial charge < -0.3 is 19.9 Å².